The van der Waals surface area contributed by atoms with Crippen molar-refractivity contribution in [3.8, 4) is 0 Å². The smallest absolute Gasteiger partial charge is 0.332 e. The van der Waals surface area contributed by atoms with Gasteiger partial charge in [0.2, 0.25) is 0 Å². The Kier molecular flexibility index (Phi) is 2.22. The quantitative estimate of drug-likeness (QED) is 0.737. The van der Waals surface area contributed by atoms with E-state index in [2.05, 4.69) is 25.9 Å². The van der Waals surface area contributed by atoms with E-state index in [1.807, 2.05) is 0 Å². The molecular formula is C8H3BrF4N2. The predicted molar refractivity (Wildman–Crippen MR) is 48.8 cm³/mol. The molecule has 2 rings (SSSR count). The van der Waals surface area contributed by atoms with Gasteiger partial charge in [0.15, 0.2) is 4.73 Å². The largest absolute Gasteiger partial charge is 0.419 e. The van der Waals surface area contributed by atoms with Crippen LogP contribution in [0.1, 0.15) is 5.56 Å². The number of rotatable bonds is 0. The van der Waals surface area contributed by atoms with Crippen molar-refractivity contribution < 1.29 is 17.6 Å². The number of aromatic amines is 1. The molecule has 2 aromatic rings. The average molecular weight is 283 g/mol. The van der Waals surface area contributed by atoms with Crippen molar-refractivity contribution in [1.82, 2.24) is 9.97 Å². The average Bonchev–Trinajstić information content (AvgIpc) is 2.40. The first-order valence-electron chi connectivity index (χ1n) is 3.80. The molecule has 1 aromatic heterocycles. The van der Waals surface area contributed by atoms with Crippen LogP contribution in [0.4, 0.5) is 17.6 Å². The number of fused-ring (bicyclic) bond motifs is 1. The third-order valence-electron chi connectivity index (χ3n) is 1.85. The monoisotopic (exact) mass is 282 g/mol. The van der Waals surface area contributed by atoms with Crippen molar-refractivity contribution in [2.24, 2.45) is 0 Å². The zero-order valence-corrected chi connectivity index (χ0v) is 8.58. The minimum atomic E-state index is -4.70. The van der Waals surface area contributed by atoms with Crippen LogP contribution >= 0.6 is 15.9 Å². The zero-order chi connectivity index (χ0) is 11.2. The third kappa shape index (κ3) is 1.83. The van der Waals surface area contributed by atoms with E-state index in [1.54, 1.807) is 0 Å². The minimum Gasteiger partial charge on any atom is -0.332 e. The number of hydrogen-bond acceptors (Lipinski definition) is 1. The molecule has 0 saturated heterocycles. The SMILES string of the molecule is Fc1cc2nc(Br)[nH]c2cc1C(F)(F)F. The third-order valence-corrected chi connectivity index (χ3v) is 2.22. The van der Waals surface area contributed by atoms with Crippen LogP contribution in [-0.2, 0) is 6.18 Å². The number of halogens is 5. The summed E-state index contributed by atoms with van der Waals surface area (Å²) < 4.78 is 50.2. The number of alkyl halides is 3. The summed E-state index contributed by atoms with van der Waals surface area (Å²) in [5, 5.41) is 0. The van der Waals surface area contributed by atoms with Crippen molar-refractivity contribution >= 4 is 27.0 Å². The molecule has 7 heteroatoms. The van der Waals surface area contributed by atoms with Crippen molar-refractivity contribution in [2.75, 3.05) is 0 Å². The fraction of sp³-hybridized carbons (Fsp3) is 0.125. The second kappa shape index (κ2) is 3.19. The molecule has 80 valence electrons. The Morgan fingerprint density at radius 3 is 2.53 bits per heavy atom. The number of nitrogens with one attached hydrogen (secondary N) is 1. The fourth-order valence-electron chi connectivity index (χ4n) is 1.22. The summed E-state index contributed by atoms with van der Waals surface area (Å²) in [5.41, 5.74) is -1.02. The Hall–Kier alpha value is -1.11. The minimum absolute atomic E-state index is 0.135. The summed E-state index contributed by atoms with van der Waals surface area (Å²) in [4.78, 5) is 6.29. The fourth-order valence-corrected chi connectivity index (χ4v) is 1.62. The number of hydrogen-bond donors (Lipinski definition) is 1. The molecule has 0 amide bonds. The number of benzene rings is 1. The van der Waals surface area contributed by atoms with E-state index in [4.69, 9.17) is 0 Å². The number of imidazole rings is 1. The standard InChI is InChI=1S/C8H3BrF4N2/c9-7-14-5-1-3(8(11,12)13)4(10)2-6(5)15-7/h1-2H,(H,14,15). The van der Waals surface area contributed by atoms with Crippen molar-refractivity contribution in [1.29, 1.82) is 0 Å². The molecule has 0 aliphatic carbocycles. The first-order valence-corrected chi connectivity index (χ1v) is 4.59. The van der Waals surface area contributed by atoms with Crippen LogP contribution in [0.25, 0.3) is 11.0 Å². The van der Waals surface area contributed by atoms with Crippen molar-refractivity contribution in [3.05, 3.63) is 28.2 Å². The van der Waals surface area contributed by atoms with Gasteiger partial charge in [0, 0.05) is 6.07 Å². The Labute approximate surface area is 89.4 Å². The molecule has 0 saturated carbocycles. The first kappa shape index (κ1) is 10.4. The van der Waals surface area contributed by atoms with E-state index < -0.39 is 17.6 Å². The summed E-state index contributed by atoms with van der Waals surface area (Å²) in [6, 6.07) is 1.45. The Morgan fingerprint density at radius 2 is 1.93 bits per heavy atom. The summed E-state index contributed by atoms with van der Waals surface area (Å²) in [6.45, 7) is 0. The van der Waals surface area contributed by atoms with Crippen LogP contribution in [0.2, 0.25) is 0 Å². The van der Waals surface area contributed by atoms with Gasteiger partial charge < -0.3 is 4.98 Å². The van der Waals surface area contributed by atoms with E-state index in [9.17, 15) is 17.6 Å². The van der Waals surface area contributed by atoms with Crippen LogP contribution in [0.15, 0.2) is 16.9 Å². The Morgan fingerprint density at radius 1 is 1.27 bits per heavy atom. The van der Waals surface area contributed by atoms with E-state index in [0.717, 1.165) is 6.07 Å². The summed E-state index contributed by atoms with van der Waals surface area (Å²) in [6.07, 6.45) is -4.70. The summed E-state index contributed by atoms with van der Waals surface area (Å²) >= 11 is 2.95. The summed E-state index contributed by atoms with van der Waals surface area (Å²) in [7, 11) is 0. The van der Waals surface area contributed by atoms with Gasteiger partial charge in [-0.05, 0) is 22.0 Å². The van der Waals surface area contributed by atoms with Crippen LogP contribution in [0, 0.1) is 5.82 Å². The number of aromatic nitrogens is 2. The van der Waals surface area contributed by atoms with Gasteiger partial charge in [0.25, 0.3) is 0 Å². The van der Waals surface area contributed by atoms with Crippen molar-refractivity contribution in [3.63, 3.8) is 0 Å². The molecule has 0 unspecified atom stereocenters. The molecule has 15 heavy (non-hydrogen) atoms. The first-order chi connectivity index (χ1) is 6.88. The molecule has 0 radical (unpaired) electrons. The lowest BCUT2D eigenvalue weighted by Crippen LogP contribution is -2.07. The molecule has 0 atom stereocenters. The lowest BCUT2D eigenvalue weighted by atomic mass is 10.2. The van der Waals surface area contributed by atoms with E-state index >= 15 is 0 Å². The molecule has 0 fully saturated rings. The van der Waals surface area contributed by atoms with Gasteiger partial charge in [-0.3, -0.25) is 0 Å². The normalized spacial score (nSPS) is 12.3. The van der Waals surface area contributed by atoms with E-state index in [0.29, 0.717) is 6.07 Å². The van der Waals surface area contributed by atoms with Crippen LogP contribution < -0.4 is 0 Å². The highest BCUT2D eigenvalue weighted by atomic mass is 79.9. The van der Waals surface area contributed by atoms with Crippen molar-refractivity contribution in [2.45, 2.75) is 6.18 Å². The van der Waals surface area contributed by atoms with Gasteiger partial charge in [-0.2, -0.15) is 13.2 Å². The van der Waals surface area contributed by atoms with Gasteiger partial charge in [-0.1, -0.05) is 0 Å². The second-order valence-corrected chi connectivity index (χ2v) is 3.63. The van der Waals surface area contributed by atoms with E-state index in [1.165, 1.54) is 0 Å². The maximum absolute atomic E-state index is 13.0. The summed E-state index contributed by atoms with van der Waals surface area (Å²) in [5.74, 6) is -1.32. The molecule has 0 bridgehead atoms. The highest BCUT2D eigenvalue weighted by molar-refractivity contribution is 9.10. The lowest BCUT2D eigenvalue weighted by molar-refractivity contribution is -0.139. The maximum atomic E-state index is 13.0. The maximum Gasteiger partial charge on any atom is 0.419 e. The number of H-pyrrole nitrogens is 1. The highest BCUT2D eigenvalue weighted by Crippen LogP contribution is 2.33. The molecule has 1 aromatic carbocycles. The van der Waals surface area contributed by atoms with Gasteiger partial charge in [-0.25, -0.2) is 9.37 Å². The highest BCUT2D eigenvalue weighted by Gasteiger charge is 2.34. The van der Waals surface area contributed by atoms with Crippen LogP contribution in [0.5, 0.6) is 0 Å². The molecular weight excluding hydrogens is 280 g/mol. The molecule has 0 aliphatic rings. The predicted octanol–water partition coefficient (Wildman–Crippen LogP) is 3.48. The van der Waals surface area contributed by atoms with Crippen LogP contribution in [0.3, 0.4) is 0 Å². The van der Waals surface area contributed by atoms with Gasteiger partial charge in [-0.15, -0.1) is 0 Å². The molecule has 2 nitrogen and oxygen atoms in total. The second-order valence-electron chi connectivity index (χ2n) is 2.87. The molecule has 1 N–H and O–H groups in total. The molecule has 0 aliphatic heterocycles. The van der Waals surface area contributed by atoms with Gasteiger partial charge in [0.05, 0.1) is 16.6 Å². The van der Waals surface area contributed by atoms with Gasteiger partial charge >= 0.3 is 6.18 Å². The van der Waals surface area contributed by atoms with Gasteiger partial charge in [0.1, 0.15) is 5.82 Å². The Bertz CT molecular complexity index is 517. The molecule has 0 spiro atoms. The Balaban J connectivity index is 2.72. The molecule has 1 heterocycles. The van der Waals surface area contributed by atoms with E-state index in [-0.39, 0.29) is 15.8 Å². The zero-order valence-electron chi connectivity index (χ0n) is 6.99. The lowest BCUT2D eigenvalue weighted by Gasteiger charge is -2.06. The number of nitrogens with zero attached hydrogens (tertiary/aromatic N) is 1. The van der Waals surface area contributed by atoms with Crippen LogP contribution in [-0.4, -0.2) is 9.97 Å². The topological polar surface area (TPSA) is 28.7 Å².